The van der Waals surface area contributed by atoms with E-state index in [9.17, 15) is 4.79 Å². The minimum atomic E-state index is 0.0113. The number of carbonyl (C=O) groups excluding carboxylic acids is 1. The molecule has 0 bridgehead atoms. The van der Waals surface area contributed by atoms with Gasteiger partial charge in [0.05, 0.1) is 5.56 Å². The largest absolute Gasteiger partial charge is 0.349 e. The van der Waals surface area contributed by atoms with Crippen LogP contribution in [0.2, 0.25) is 0 Å². The van der Waals surface area contributed by atoms with E-state index < -0.39 is 0 Å². The van der Waals surface area contributed by atoms with E-state index in [1.54, 1.807) is 0 Å². The Morgan fingerprint density at radius 2 is 2.24 bits per heavy atom. The number of allylic oxidation sites excluding steroid dienone is 1. The van der Waals surface area contributed by atoms with Crippen molar-refractivity contribution in [2.24, 2.45) is 0 Å². The average Bonchev–Trinajstić information content (AvgIpc) is 2.30. The molecule has 3 heteroatoms. The summed E-state index contributed by atoms with van der Waals surface area (Å²) in [6.07, 6.45) is 7.34. The highest BCUT2D eigenvalue weighted by Crippen LogP contribution is 2.19. The molecule has 1 aromatic carbocycles. The van der Waals surface area contributed by atoms with Gasteiger partial charge >= 0.3 is 0 Å². The average molecular weight is 294 g/mol. The van der Waals surface area contributed by atoms with Crippen molar-refractivity contribution in [3.8, 4) is 0 Å². The van der Waals surface area contributed by atoms with Gasteiger partial charge < -0.3 is 5.32 Å². The number of amides is 1. The molecule has 0 fully saturated rings. The molecule has 1 amide bonds. The zero-order chi connectivity index (χ0) is 12.3. The Hall–Kier alpha value is -1.09. The molecule has 1 aliphatic rings. The van der Waals surface area contributed by atoms with Crippen molar-refractivity contribution < 1.29 is 4.79 Å². The molecule has 0 spiro atoms. The van der Waals surface area contributed by atoms with E-state index in [2.05, 4.69) is 33.4 Å². The summed E-state index contributed by atoms with van der Waals surface area (Å²) >= 11 is 3.44. The molecule has 0 aromatic heterocycles. The van der Waals surface area contributed by atoms with Crippen LogP contribution in [0, 0.1) is 6.92 Å². The van der Waals surface area contributed by atoms with Crippen LogP contribution in [0.3, 0.4) is 0 Å². The second kappa shape index (κ2) is 5.50. The third-order valence-corrected chi connectivity index (χ3v) is 3.63. The van der Waals surface area contributed by atoms with Crippen LogP contribution < -0.4 is 5.32 Å². The predicted octanol–water partition coefficient (Wildman–Crippen LogP) is 3.60. The van der Waals surface area contributed by atoms with Crippen LogP contribution in [0.4, 0.5) is 0 Å². The van der Waals surface area contributed by atoms with Gasteiger partial charge in [0.1, 0.15) is 0 Å². The molecule has 0 radical (unpaired) electrons. The summed E-state index contributed by atoms with van der Waals surface area (Å²) < 4.78 is 0.862. The number of hydrogen-bond donors (Lipinski definition) is 1. The lowest BCUT2D eigenvalue weighted by Crippen LogP contribution is -2.35. The summed E-state index contributed by atoms with van der Waals surface area (Å²) in [6, 6.07) is 6.07. The van der Waals surface area contributed by atoms with Gasteiger partial charge in [-0.05, 0) is 59.8 Å². The summed E-state index contributed by atoms with van der Waals surface area (Å²) in [7, 11) is 0. The number of nitrogens with one attached hydrogen (secondary N) is 1. The van der Waals surface area contributed by atoms with Crippen molar-refractivity contribution in [3.63, 3.8) is 0 Å². The topological polar surface area (TPSA) is 29.1 Å². The second-order valence-corrected chi connectivity index (χ2v) is 5.29. The highest BCUT2D eigenvalue weighted by molar-refractivity contribution is 9.10. The van der Waals surface area contributed by atoms with E-state index in [4.69, 9.17) is 0 Å². The third kappa shape index (κ3) is 3.19. The summed E-state index contributed by atoms with van der Waals surface area (Å²) in [6.45, 7) is 2.01. The van der Waals surface area contributed by atoms with Crippen molar-refractivity contribution in [2.45, 2.75) is 32.2 Å². The van der Waals surface area contributed by atoms with E-state index in [-0.39, 0.29) is 11.9 Å². The standard InChI is InChI=1S/C14H16BrNO/c1-10-7-8-12(13(15)9-10)14(17)16-11-5-3-2-4-6-11/h2-3,7-9,11H,4-6H2,1H3,(H,16,17). The highest BCUT2D eigenvalue weighted by atomic mass is 79.9. The minimum absolute atomic E-state index is 0.0113. The smallest absolute Gasteiger partial charge is 0.252 e. The van der Waals surface area contributed by atoms with Gasteiger partial charge in [0, 0.05) is 10.5 Å². The lowest BCUT2D eigenvalue weighted by atomic mass is 10.0. The van der Waals surface area contributed by atoms with E-state index >= 15 is 0 Å². The van der Waals surface area contributed by atoms with Crippen molar-refractivity contribution in [2.75, 3.05) is 0 Å². The number of hydrogen-bond acceptors (Lipinski definition) is 1. The summed E-state index contributed by atoms with van der Waals surface area (Å²) in [5.74, 6) is 0.0113. The van der Waals surface area contributed by atoms with E-state index in [1.807, 2.05) is 25.1 Å². The van der Waals surface area contributed by atoms with Crippen molar-refractivity contribution >= 4 is 21.8 Å². The van der Waals surface area contributed by atoms with Crippen LogP contribution in [0.5, 0.6) is 0 Å². The number of carbonyl (C=O) groups is 1. The summed E-state index contributed by atoms with van der Waals surface area (Å²) in [5, 5.41) is 3.08. The molecule has 2 rings (SSSR count). The van der Waals surface area contributed by atoms with Gasteiger partial charge in [-0.3, -0.25) is 4.79 Å². The first-order chi connectivity index (χ1) is 8.16. The van der Waals surface area contributed by atoms with Crippen molar-refractivity contribution in [1.29, 1.82) is 0 Å². The summed E-state index contributed by atoms with van der Waals surface area (Å²) in [5.41, 5.74) is 1.86. The first kappa shape index (κ1) is 12.4. The number of aryl methyl sites for hydroxylation is 1. The Morgan fingerprint density at radius 3 is 2.88 bits per heavy atom. The number of rotatable bonds is 2. The van der Waals surface area contributed by atoms with Crippen LogP contribution in [0.25, 0.3) is 0 Å². The molecule has 0 aliphatic heterocycles. The molecule has 1 aliphatic carbocycles. The van der Waals surface area contributed by atoms with Gasteiger partial charge in [0.2, 0.25) is 0 Å². The SMILES string of the molecule is Cc1ccc(C(=O)NC2CC=CCC2)c(Br)c1. The summed E-state index contributed by atoms with van der Waals surface area (Å²) in [4.78, 5) is 12.1. The van der Waals surface area contributed by atoms with E-state index in [0.29, 0.717) is 5.56 Å². The molecule has 1 aromatic rings. The van der Waals surface area contributed by atoms with Crippen LogP contribution in [-0.2, 0) is 0 Å². The van der Waals surface area contributed by atoms with Gasteiger partial charge in [-0.15, -0.1) is 0 Å². The second-order valence-electron chi connectivity index (χ2n) is 4.44. The zero-order valence-electron chi connectivity index (χ0n) is 9.87. The molecule has 0 saturated heterocycles. The Morgan fingerprint density at radius 1 is 1.41 bits per heavy atom. The van der Waals surface area contributed by atoms with Crippen molar-refractivity contribution in [1.82, 2.24) is 5.32 Å². The van der Waals surface area contributed by atoms with Crippen molar-refractivity contribution in [3.05, 3.63) is 46.0 Å². The van der Waals surface area contributed by atoms with E-state index in [1.165, 1.54) is 0 Å². The fraction of sp³-hybridized carbons (Fsp3) is 0.357. The molecule has 1 N–H and O–H groups in total. The maximum atomic E-state index is 12.1. The number of benzene rings is 1. The zero-order valence-corrected chi connectivity index (χ0v) is 11.5. The van der Waals surface area contributed by atoms with Crippen LogP contribution in [0.1, 0.15) is 35.2 Å². The minimum Gasteiger partial charge on any atom is -0.349 e. The Labute approximate surface area is 110 Å². The molecular formula is C14H16BrNO. The number of halogens is 1. The maximum absolute atomic E-state index is 12.1. The first-order valence-electron chi connectivity index (χ1n) is 5.89. The predicted molar refractivity (Wildman–Crippen MR) is 73.1 cm³/mol. The fourth-order valence-electron chi connectivity index (χ4n) is 1.99. The molecule has 1 atom stereocenters. The fourth-order valence-corrected chi connectivity index (χ4v) is 2.67. The lowest BCUT2D eigenvalue weighted by molar-refractivity contribution is 0.0934. The first-order valence-corrected chi connectivity index (χ1v) is 6.68. The van der Waals surface area contributed by atoms with Gasteiger partial charge in [-0.2, -0.15) is 0 Å². The molecule has 90 valence electrons. The molecule has 2 nitrogen and oxygen atoms in total. The Kier molecular flexibility index (Phi) is 4.00. The van der Waals surface area contributed by atoms with Crippen LogP contribution >= 0.6 is 15.9 Å². The molecule has 0 heterocycles. The Balaban J connectivity index is 2.06. The Bertz CT molecular complexity index is 454. The van der Waals surface area contributed by atoms with Crippen LogP contribution in [-0.4, -0.2) is 11.9 Å². The van der Waals surface area contributed by atoms with Gasteiger partial charge in [0.15, 0.2) is 0 Å². The maximum Gasteiger partial charge on any atom is 0.252 e. The highest BCUT2D eigenvalue weighted by Gasteiger charge is 2.15. The van der Waals surface area contributed by atoms with Crippen LogP contribution in [0.15, 0.2) is 34.8 Å². The van der Waals surface area contributed by atoms with E-state index in [0.717, 1.165) is 29.3 Å². The van der Waals surface area contributed by atoms with Gasteiger partial charge in [-0.25, -0.2) is 0 Å². The molecule has 1 unspecified atom stereocenters. The third-order valence-electron chi connectivity index (χ3n) is 2.97. The molecule has 17 heavy (non-hydrogen) atoms. The quantitative estimate of drug-likeness (QED) is 0.830. The monoisotopic (exact) mass is 293 g/mol. The molecular weight excluding hydrogens is 278 g/mol. The van der Waals surface area contributed by atoms with Gasteiger partial charge in [-0.1, -0.05) is 18.2 Å². The lowest BCUT2D eigenvalue weighted by Gasteiger charge is -2.19. The normalized spacial score (nSPS) is 19.1. The molecule has 0 saturated carbocycles. The van der Waals surface area contributed by atoms with Gasteiger partial charge in [0.25, 0.3) is 5.91 Å².